The monoisotopic (exact) mass is 198 g/mol. The Morgan fingerprint density at radius 1 is 1.36 bits per heavy atom. The maximum absolute atomic E-state index is 3.61. The Morgan fingerprint density at radius 3 is 2.50 bits per heavy atom. The van der Waals surface area contributed by atoms with Crippen LogP contribution in [0, 0.1) is 5.92 Å². The number of likely N-dealkylation sites (N-methyl/N-ethyl adjacent to an activating group) is 1. The normalized spacial score (nSPS) is 21.2. The lowest BCUT2D eigenvalue weighted by atomic mass is 10.2. The summed E-state index contributed by atoms with van der Waals surface area (Å²) in [5.74, 6) is 0.976. The van der Waals surface area contributed by atoms with Crippen molar-refractivity contribution in [2.75, 3.05) is 20.1 Å². The molecule has 2 heteroatoms. The molecule has 0 amide bonds. The van der Waals surface area contributed by atoms with E-state index in [-0.39, 0.29) is 0 Å². The van der Waals surface area contributed by atoms with E-state index < -0.39 is 0 Å². The quantitative estimate of drug-likeness (QED) is 0.674. The summed E-state index contributed by atoms with van der Waals surface area (Å²) in [7, 11) is 2.22. The van der Waals surface area contributed by atoms with Gasteiger partial charge in [-0.25, -0.2) is 0 Å². The molecule has 2 nitrogen and oxygen atoms in total. The first kappa shape index (κ1) is 12.0. The van der Waals surface area contributed by atoms with Gasteiger partial charge in [0.2, 0.25) is 0 Å². The molecule has 0 heterocycles. The fourth-order valence-electron chi connectivity index (χ4n) is 1.76. The summed E-state index contributed by atoms with van der Waals surface area (Å²) < 4.78 is 0. The lowest BCUT2D eigenvalue weighted by Crippen LogP contribution is -2.38. The summed E-state index contributed by atoms with van der Waals surface area (Å²) in [6.07, 6.45) is 4.12. The topological polar surface area (TPSA) is 15.3 Å². The highest BCUT2D eigenvalue weighted by Crippen LogP contribution is 2.32. The Morgan fingerprint density at radius 2 is 2.00 bits per heavy atom. The molecule has 0 spiro atoms. The van der Waals surface area contributed by atoms with Gasteiger partial charge in [-0.15, -0.1) is 0 Å². The van der Waals surface area contributed by atoms with Crippen LogP contribution in [-0.2, 0) is 0 Å². The minimum Gasteiger partial charge on any atom is -0.313 e. The van der Waals surface area contributed by atoms with E-state index >= 15 is 0 Å². The van der Waals surface area contributed by atoms with Gasteiger partial charge in [-0.05, 0) is 46.1 Å². The van der Waals surface area contributed by atoms with Crippen molar-refractivity contribution in [3.63, 3.8) is 0 Å². The van der Waals surface area contributed by atoms with Crippen molar-refractivity contribution >= 4 is 0 Å². The van der Waals surface area contributed by atoms with Gasteiger partial charge in [-0.1, -0.05) is 6.92 Å². The first-order valence-electron chi connectivity index (χ1n) is 6.08. The van der Waals surface area contributed by atoms with Crippen molar-refractivity contribution in [3.8, 4) is 0 Å². The summed E-state index contributed by atoms with van der Waals surface area (Å²) in [5, 5.41) is 3.61. The molecule has 2 atom stereocenters. The fraction of sp³-hybridized carbons (Fsp3) is 1.00. The highest BCUT2D eigenvalue weighted by Gasteiger charge is 2.27. The highest BCUT2D eigenvalue weighted by molar-refractivity contribution is 4.83. The third-order valence-corrected chi connectivity index (χ3v) is 3.60. The van der Waals surface area contributed by atoms with E-state index in [2.05, 4.69) is 38.0 Å². The van der Waals surface area contributed by atoms with Crippen LogP contribution in [0.4, 0.5) is 0 Å². The zero-order chi connectivity index (χ0) is 10.6. The first-order valence-corrected chi connectivity index (χ1v) is 6.08. The minimum atomic E-state index is 0.716. The summed E-state index contributed by atoms with van der Waals surface area (Å²) in [4.78, 5) is 2.44. The number of nitrogens with zero attached hydrogens (tertiary/aromatic N) is 1. The Balaban J connectivity index is 2.01. The average molecular weight is 198 g/mol. The standard InChI is InChI=1S/C12H26N2/c1-5-10(2)14(4)9-8-13-11(3)12-6-7-12/h10-13H,5-9H2,1-4H3. The van der Waals surface area contributed by atoms with Crippen LogP contribution >= 0.6 is 0 Å². The number of rotatable bonds is 7. The number of hydrogen-bond donors (Lipinski definition) is 1. The lowest BCUT2D eigenvalue weighted by molar-refractivity contribution is 0.247. The van der Waals surface area contributed by atoms with Gasteiger partial charge in [0.25, 0.3) is 0 Å². The molecule has 2 unspecified atom stereocenters. The largest absolute Gasteiger partial charge is 0.313 e. The van der Waals surface area contributed by atoms with Crippen LogP contribution in [0.3, 0.4) is 0 Å². The number of hydrogen-bond acceptors (Lipinski definition) is 2. The molecule has 84 valence electrons. The first-order chi connectivity index (χ1) is 6.65. The van der Waals surface area contributed by atoms with E-state index in [0.29, 0.717) is 6.04 Å². The second-order valence-corrected chi connectivity index (χ2v) is 4.82. The lowest BCUT2D eigenvalue weighted by Gasteiger charge is -2.24. The minimum absolute atomic E-state index is 0.716. The predicted octanol–water partition coefficient (Wildman–Crippen LogP) is 2.10. The maximum Gasteiger partial charge on any atom is 0.0107 e. The Bertz CT molecular complexity index is 154. The third kappa shape index (κ3) is 3.97. The fourth-order valence-corrected chi connectivity index (χ4v) is 1.76. The zero-order valence-corrected chi connectivity index (χ0v) is 10.2. The predicted molar refractivity (Wildman–Crippen MR) is 62.6 cm³/mol. The van der Waals surface area contributed by atoms with Crippen molar-refractivity contribution in [2.24, 2.45) is 5.92 Å². The van der Waals surface area contributed by atoms with E-state index in [0.717, 1.165) is 18.5 Å². The van der Waals surface area contributed by atoms with Crippen molar-refractivity contribution in [3.05, 3.63) is 0 Å². The van der Waals surface area contributed by atoms with Crippen molar-refractivity contribution in [1.82, 2.24) is 10.2 Å². The van der Waals surface area contributed by atoms with Crippen LogP contribution in [0.5, 0.6) is 0 Å². The van der Waals surface area contributed by atoms with Crippen LogP contribution in [-0.4, -0.2) is 37.1 Å². The van der Waals surface area contributed by atoms with Crippen LogP contribution in [0.2, 0.25) is 0 Å². The van der Waals surface area contributed by atoms with E-state index in [1.54, 1.807) is 0 Å². The van der Waals surface area contributed by atoms with Gasteiger partial charge in [-0.2, -0.15) is 0 Å². The third-order valence-electron chi connectivity index (χ3n) is 3.60. The molecule has 1 rings (SSSR count). The molecule has 0 radical (unpaired) electrons. The second kappa shape index (κ2) is 5.72. The molecule has 1 N–H and O–H groups in total. The second-order valence-electron chi connectivity index (χ2n) is 4.82. The summed E-state index contributed by atoms with van der Waals surface area (Å²) >= 11 is 0. The van der Waals surface area contributed by atoms with Gasteiger partial charge >= 0.3 is 0 Å². The summed E-state index contributed by atoms with van der Waals surface area (Å²) in [5.41, 5.74) is 0. The van der Waals surface area contributed by atoms with Crippen molar-refractivity contribution in [2.45, 2.75) is 52.1 Å². The van der Waals surface area contributed by atoms with Gasteiger partial charge < -0.3 is 10.2 Å². The smallest absolute Gasteiger partial charge is 0.0107 e. The molecule has 0 aliphatic heterocycles. The molecule has 0 aromatic heterocycles. The maximum atomic E-state index is 3.61. The van der Waals surface area contributed by atoms with Crippen molar-refractivity contribution < 1.29 is 0 Å². The molecule has 1 saturated carbocycles. The van der Waals surface area contributed by atoms with Gasteiger partial charge in [-0.3, -0.25) is 0 Å². The van der Waals surface area contributed by atoms with Crippen LogP contribution in [0.1, 0.15) is 40.0 Å². The molecule has 1 aliphatic carbocycles. The van der Waals surface area contributed by atoms with Crippen LogP contribution < -0.4 is 5.32 Å². The molecule has 1 fully saturated rings. The van der Waals surface area contributed by atoms with E-state index in [9.17, 15) is 0 Å². The average Bonchev–Trinajstić information content (AvgIpc) is 2.99. The van der Waals surface area contributed by atoms with E-state index in [1.165, 1.54) is 25.8 Å². The summed E-state index contributed by atoms with van der Waals surface area (Å²) in [6, 6.07) is 1.45. The summed E-state index contributed by atoms with van der Waals surface area (Å²) in [6.45, 7) is 9.18. The Kier molecular flexibility index (Phi) is 4.90. The zero-order valence-electron chi connectivity index (χ0n) is 10.2. The number of nitrogens with one attached hydrogen (secondary N) is 1. The molecule has 14 heavy (non-hydrogen) atoms. The molecular weight excluding hydrogens is 172 g/mol. The molecule has 0 bridgehead atoms. The highest BCUT2D eigenvalue weighted by atomic mass is 15.1. The Labute approximate surface area is 89.1 Å². The Hall–Kier alpha value is -0.0800. The molecule has 1 aliphatic rings. The van der Waals surface area contributed by atoms with Gasteiger partial charge in [0.05, 0.1) is 0 Å². The molecule has 0 saturated heterocycles. The van der Waals surface area contributed by atoms with Gasteiger partial charge in [0, 0.05) is 25.2 Å². The molecular formula is C12H26N2. The van der Waals surface area contributed by atoms with E-state index in [1.807, 2.05) is 0 Å². The van der Waals surface area contributed by atoms with Gasteiger partial charge in [0.15, 0.2) is 0 Å². The van der Waals surface area contributed by atoms with Crippen LogP contribution in [0.25, 0.3) is 0 Å². The van der Waals surface area contributed by atoms with Crippen molar-refractivity contribution in [1.29, 1.82) is 0 Å². The molecule has 0 aromatic carbocycles. The van der Waals surface area contributed by atoms with Crippen LogP contribution in [0.15, 0.2) is 0 Å². The SMILES string of the molecule is CCC(C)N(C)CCNC(C)C1CC1. The van der Waals surface area contributed by atoms with Gasteiger partial charge in [0.1, 0.15) is 0 Å². The van der Waals surface area contributed by atoms with E-state index in [4.69, 9.17) is 0 Å². The molecule has 0 aromatic rings.